The third kappa shape index (κ3) is 12.4. The average molecular weight is 299 g/mol. The molecule has 0 aromatic heterocycles. The highest BCUT2D eigenvalue weighted by molar-refractivity contribution is 5.79. The molecule has 124 valence electrons. The molecule has 0 radical (unpaired) electrons. The predicted molar refractivity (Wildman–Crippen MR) is 90.0 cm³/mol. The zero-order chi connectivity index (χ0) is 15.8. The van der Waals surface area contributed by atoms with E-state index < -0.39 is 0 Å². The molecule has 5 heteroatoms. The van der Waals surface area contributed by atoms with Crippen LogP contribution in [0.3, 0.4) is 0 Å². The zero-order valence-corrected chi connectivity index (χ0v) is 14.1. The monoisotopic (exact) mass is 299 g/mol. The zero-order valence-electron chi connectivity index (χ0n) is 14.1. The maximum Gasteiger partial charge on any atom is 0.193 e. The Morgan fingerprint density at radius 2 is 2.05 bits per heavy atom. The van der Waals surface area contributed by atoms with Crippen molar-refractivity contribution >= 4 is 5.96 Å². The highest BCUT2D eigenvalue weighted by atomic mass is 16.5. The number of methoxy groups -OCH3 is 1. The largest absolute Gasteiger partial charge is 0.382 e. The van der Waals surface area contributed by atoms with Crippen molar-refractivity contribution in [2.45, 2.75) is 32.6 Å². The molecular formula is C16H33N3O2. The maximum absolute atomic E-state index is 5.43. The second-order valence-electron chi connectivity index (χ2n) is 4.90. The first-order valence-corrected chi connectivity index (χ1v) is 7.93. The number of allylic oxidation sites excluding steroid dienone is 1. The van der Waals surface area contributed by atoms with Gasteiger partial charge in [-0.25, -0.2) is 0 Å². The van der Waals surface area contributed by atoms with Crippen LogP contribution in [-0.4, -0.2) is 64.5 Å². The van der Waals surface area contributed by atoms with Gasteiger partial charge in [0.05, 0.1) is 13.2 Å². The molecule has 0 aliphatic heterocycles. The van der Waals surface area contributed by atoms with E-state index in [9.17, 15) is 0 Å². The van der Waals surface area contributed by atoms with Crippen LogP contribution in [-0.2, 0) is 9.47 Å². The molecule has 0 heterocycles. The highest BCUT2D eigenvalue weighted by Crippen LogP contribution is 1.97. The van der Waals surface area contributed by atoms with E-state index in [0.717, 1.165) is 57.9 Å². The minimum Gasteiger partial charge on any atom is -0.382 e. The van der Waals surface area contributed by atoms with Crippen molar-refractivity contribution in [1.29, 1.82) is 0 Å². The van der Waals surface area contributed by atoms with Crippen molar-refractivity contribution in [1.82, 2.24) is 10.2 Å². The Hall–Kier alpha value is -1.07. The van der Waals surface area contributed by atoms with Crippen LogP contribution >= 0.6 is 0 Å². The van der Waals surface area contributed by atoms with Gasteiger partial charge in [0.1, 0.15) is 0 Å². The molecule has 0 rings (SSSR count). The van der Waals surface area contributed by atoms with Crippen LogP contribution in [0.15, 0.2) is 17.6 Å². The molecule has 0 aromatic rings. The number of rotatable bonds is 13. The molecule has 0 saturated carbocycles. The summed E-state index contributed by atoms with van der Waals surface area (Å²) in [5, 5.41) is 3.33. The number of hydrogen-bond donors (Lipinski definition) is 1. The maximum atomic E-state index is 5.43. The van der Waals surface area contributed by atoms with Gasteiger partial charge in [-0.2, -0.15) is 0 Å². The molecule has 0 atom stereocenters. The van der Waals surface area contributed by atoms with Gasteiger partial charge in [-0.05, 0) is 32.6 Å². The predicted octanol–water partition coefficient (Wildman–Crippen LogP) is 2.29. The second-order valence-corrected chi connectivity index (χ2v) is 4.90. The number of guanidine groups is 1. The molecule has 0 spiro atoms. The lowest BCUT2D eigenvalue weighted by molar-refractivity contribution is 0.0690. The Balaban J connectivity index is 3.84. The fraction of sp³-hybridized carbons (Fsp3) is 0.812. The molecule has 0 aliphatic rings. The van der Waals surface area contributed by atoms with Crippen LogP contribution < -0.4 is 5.32 Å². The molecule has 0 unspecified atom stereocenters. The van der Waals surface area contributed by atoms with Crippen molar-refractivity contribution in [3.8, 4) is 0 Å². The molecule has 0 bridgehead atoms. The third-order valence-corrected chi connectivity index (χ3v) is 2.99. The molecule has 0 aliphatic carbocycles. The van der Waals surface area contributed by atoms with Gasteiger partial charge in [0.2, 0.25) is 0 Å². The van der Waals surface area contributed by atoms with Crippen molar-refractivity contribution in [2.24, 2.45) is 4.99 Å². The molecule has 0 saturated heterocycles. The molecule has 1 N–H and O–H groups in total. The number of nitrogens with one attached hydrogen (secondary N) is 1. The summed E-state index contributed by atoms with van der Waals surface area (Å²) in [6, 6.07) is 0. The molecule has 0 fully saturated rings. The number of hydrogen-bond acceptors (Lipinski definition) is 3. The van der Waals surface area contributed by atoms with E-state index in [1.54, 1.807) is 7.11 Å². The lowest BCUT2D eigenvalue weighted by atomic mass is 10.3. The first-order valence-electron chi connectivity index (χ1n) is 7.93. The minimum atomic E-state index is 0.665. The van der Waals surface area contributed by atoms with Gasteiger partial charge in [0.15, 0.2) is 5.96 Å². The van der Waals surface area contributed by atoms with Crippen molar-refractivity contribution in [3.05, 3.63) is 12.7 Å². The van der Waals surface area contributed by atoms with E-state index in [-0.39, 0.29) is 0 Å². The van der Waals surface area contributed by atoms with Gasteiger partial charge in [0.25, 0.3) is 0 Å². The van der Waals surface area contributed by atoms with E-state index in [1.807, 2.05) is 6.08 Å². The topological polar surface area (TPSA) is 46.1 Å². The van der Waals surface area contributed by atoms with E-state index in [4.69, 9.17) is 9.47 Å². The Bertz CT molecular complexity index is 270. The molecule has 0 aromatic carbocycles. The molecular weight excluding hydrogens is 266 g/mol. The van der Waals surface area contributed by atoms with Crippen LogP contribution in [0.1, 0.15) is 32.6 Å². The summed E-state index contributed by atoms with van der Waals surface area (Å²) in [6.07, 6.45) is 6.19. The molecule has 5 nitrogen and oxygen atoms in total. The first kappa shape index (κ1) is 19.9. The van der Waals surface area contributed by atoms with Gasteiger partial charge in [-0.1, -0.05) is 6.08 Å². The normalized spacial score (nSPS) is 11.5. The van der Waals surface area contributed by atoms with E-state index in [2.05, 4.69) is 35.8 Å². The van der Waals surface area contributed by atoms with Crippen LogP contribution in [0.4, 0.5) is 0 Å². The fourth-order valence-electron chi connectivity index (χ4n) is 1.79. The van der Waals surface area contributed by atoms with Gasteiger partial charge in [0, 0.05) is 40.4 Å². The standard InChI is InChI=1S/C16H33N3O2/c1-5-7-9-12-19(3)16(17-6-2)18-11-8-10-13-21-15-14-20-4/h5H,1,6-15H2,2-4H3,(H,17,18). The Morgan fingerprint density at radius 3 is 2.71 bits per heavy atom. The van der Waals surface area contributed by atoms with Crippen molar-refractivity contribution in [3.63, 3.8) is 0 Å². The Labute approximate surface area is 130 Å². The van der Waals surface area contributed by atoms with Gasteiger partial charge in [-0.3, -0.25) is 4.99 Å². The molecule has 21 heavy (non-hydrogen) atoms. The van der Waals surface area contributed by atoms with Crippen molar-refractivity contribution in [2.75, 3.05) is 53.6 Å². The number of ether oxygens (including phenoxy) is 2. The van der Waals surface area contributed by atoms with Crippen LogP contribution in [0.5, 0.6) is 0 Å². The smallest absolute Gasteiger partial charge is 0.193 e. The van der Waals surface area contributed by atoms with Crippen LogP contribution in [0.2, 0.25) is 0 Å². The third-order valence-electron chi connectivity index (χ3n) is 2.99. The minimum absolute atomic E-state index is 0.665. The lowest BCUT2D eigenvalue weighted by Crippen LogP contribution is -2.39. The highest BCUT2D eigenvalue weighted by Gasteiger charge is 2.03. The second kappa shape index (κ2) is 15.3. The van der Waals surface area contributed by atoms with Gasteiger partial charge in [-0.15, -0.1) is 6.58 Å². The fourth-order valence-corrected chi connectivity index (χ4v) is 1.79. The summed E-state index contributed by atoms with van der Waals surface area (Å²) in [5.41, 5.74) is 0. The van der Waals surface area contributed by atoms with Gasteiger partial charge >= 0.3 is 0 Å². The summed E-state index contributed by atoms with van der Waals surface area (Å²) >= 11 is 0. The van der Waals surface area contributed by atoms with Crippen LogP contribution in [0, 0.1) is 0 Å². The Kier molecular flexibility index (Phi) is 14.5. The Morgan fingerprint density at radius 1 is 1.24 bits per heavy atom. The summed E-state index contributed by atoms with van der Waals surface area (Å²) in [4.78, 5) is 6.83. The molecule has 0 amide bonds. The number of nitrogens with zero attached hydrogens (tertiary/aromatic N) is 2. The first-order chi connectivity index (χ1) is 10.3. The van der Waals surface area contributed by atoms with Crippen molar-refractivity contribution < 1.29 is 9.47 Å². The summed E-state index contributed by atoms with van der Waals surface area (Å²) < 4.78 is 10.4. The quantitative estimate of drug-likeness (QED) is 0.245. The van der Waals surface area contributed by atoms with E-state index >= 15 is 0 Å². The van der Waals surface area contributed by atoms with E-state index in [1.165, 1.54) is 0 Å². The van der Waals surface area contributed by atoms with Crippen LogP contribution in [0.25, 0.3) is 0 Å². The average Bonchev–Trinajstić information content (AvgIpc) is 2.49. The summed E-state index contributed by atoms with van der Waals surface area (Å²) in [5.74, 6) is 0.988. The van der Waals surface area contributed by atoms with Gasteiger partial charge < -0.3 is 19.7 Å². The summed E-state index contributed by atoms with van der Waals surface area (Å²) in [7, 11) is 3.77. The SMILES string of the molecule is C=CCCCN(C)C(=NCCCCOCCOC)NCC. The lowest BCUT2D eigenvalue weighted by Gasteiger charge is -2.21. The summed E-state index contributed by atoms with van der Waals surface area (Å²) in [6.45, 7) is 10.7. The number of unbranched alkanes of at least 4 members (excludes halogenated alkanes) is 2. The van der Waals surface area contributed by atoms with E-state index in [0.29, 0.717) is 13.2 Å². The number of aliphatic imine (C=N–C) groups is 1.